The van der Waals surface area contributed by atoms with Crippen LogP contribution in [0.4, 0.5) is 5.69 Å². The summed E-state index contributed by atoms with van der Waals surface area (Å²) in [5.41, 5.74) is 5.33. The molecule has 1 amide bonds. The molecule has 0 saturated heterocycles. The molecule has 5 rings (SSSR count). The van der Waals surface area contributed by atoms with Gasteiger partial charge in [0.1, 0.15) is 11.3 Å². The summed E-state index contributed by atoms with van der Waals surface area (Å²) in [5, 5.41) is 6.92. The van der Waals surface area contributed by atoms with Gasteiger partial charge in [-0.05, 0) is 36.2 Å². The van der Waals surface area contributed by atoms with E-state index in [0.29, 0.717) is 12.2 Å². The Morgan fingerprint density at radius 1 is 1.08 bits per heavy atom. The van der Waals surface area contributed by atoms with Crippen molar-refractivity contribution in [1.82, 2.24) is 19.6 Å². The number of fused-ring (bicyclic) bond motifs is 2. The van der Waals surface area contributed by atoms with Gasteiger partial charge in [0.05, 0.1) is 5.69 Å². The highest BCUT2D eigenvalue weighted by Crippen LogP contribution is 2.29. The molecule has 0 aliphatic carbocycles. The number of pyridine rings is 1. The van der Waals surface area contributed by atoms with Crippen molar-refractivity contribution < 1.29 is 4.79 Å². The van der Waals surface area contributed by atoms with Crippen molar-refractivity contribution in [3.8, 4) is 11.3 Å². The van der Waals surface area contributed by atoms with E-state index in [9.17, 15) is 4.79 Å². The number of anilines is 1. The molecule has 122 valence electrons. The van der Waals surface area contributed by atoms with Crippen LogP contribution in [-0.2, 0) is 6.42 Å². The lowest BCUT2D eigenvalue weighted by atomic mass is 10.2. The van der Waals surface area contributed by atoms with Gasteiger partial charge in [-0.1, -0.05) is 18.2 Å². The first-order chi connectivity index (χ1) is 12.3. The van der Waals surface area contributed by atoms with Gasteiger partial charge in [0.2, 0.25) is 0 Å². The third-order valence-corrected chi connectivity index (χ3v) is 4.61. The lowest BCUT2D eigenvalue weighted by molar-refractivity contribution is 0.0985. The second-order valence-corrected chi connectivity index (χ2v) is 6.12. The van der Waals surface area contributed by atoms with Crippen molar-refractivity contribution in [2.45, 2.75) is 6.42 Å². The molecular weight excluding hydrogens is 314 g/mol. The average Bonchev–Trinajstić information content (AvgIpc) is 3.38. The number of carbonyl (C=O) groups excluding carboxylic acids is 1. The minimum atomic E-state index is -0.0586. The van der Waals surface area contributed by atoms with Crippen LogP contribution in [0.2, 0.25) is 0 Å². The number of para-hydroxylation sites is 1. The Morgan fingerprint density at radius 3 is 2.88 bits per heavy atom. The standard InChI is InChI=1S/C19H15N5O/c25-19(24-10-8-13-3-1-2-4-17(13)24)16-12-23-11-14(5-6-18(23)21-16)15-7-9-20-22-15/h1-7,9,11-12H,8,10H2,(H,20,22). The van der Waals surface area contributed by atoms with Crippen LogP contribution >= 0.6 is 0 Å². The van der Waals surface area contributed by atoms with Crippen LogP contribution in [0.5, 0.6) is 0 Å². The molecule has 4 heterocycles. The van der Waals surface area contributed by atoms with E-state index in [-0.39, 0.29) is 5.91 Å². The summed E-state index contributed by atoms with van der Waals surface area (Å²) in [5.74, 6) is -0.0586. The molecular formula is C19H15N5O. The van der Waals surface area contributed by atoms with Crippen molar-refractivity contribution in [1.29, 1.82) is 0 Å². The monoisotopic (exact) mass is 329 g/mol. The molecule has 4 aromatic rings. The van der Waals surface area contributed by atoms with Crippen molar-refractivity contribution in [2.75, 3.05) is 11.4 Å². The lowest BCUT2D eigenvalue weighted by Gasteiger charge is -2.15. The normalized spacial score (nSPS) is 13.4. The summed E-state index contributed by atoms with van der Waals surface area (Å²) in [6.07, 6.45) is 6.34. The molecule has 25 heavy (non-hydrogen) atoms. The highest BCUT2D eigenvalue weighted by molar-refractivity contribution is 6.06. The van der Waals surface area contributed by atoms with Gasteiger partial charge >= 0.3 is 0 Å². The minimum absolute atomic E-state index is 0.0586. The predicted octanol–water partition coefficient (Wildman–Crippen LogP) is 2.93. The number of aromatic amines is 1. The highest BCUT2D eigenvalue weighted by Gasteiger charge is 2.26. The van der Waals surface area contributed by atoms with Crippen LogP contribution in [0.1, 0.15) is 16.1 Å². The molecule has 6 nitrogen and oxygen atoms in total. The molecule has 1 aliphatic heterocycles. The maximum absolute atomic E-state index is 12.9. The number of rotatable bonds is 2. The first-order valence-electron chi connectivity index (χ1n) is 8.18. The first kappa shape index (κ1) is 14.0. The zero-order valence-electron chi connectivity index (χ0n) is 13.4. The van der Waals surface area contributed by atoms with Crippen LogP contribution in [0, 0.1) is 0 Å². The fraction of sp³-hybridized carbons (Fsp3) is 0.105. The molecule has 0 radical (unpaired) electrons. The van der Waals surface area contributed by atoms with Crippen molar-refractivity contribution >= 4 is 17.2 Å². The number of amides is 1. The molecule has 0 unspecified atom stereocenters. The van der Waals surface area contributed by atoms with Gasteiger partial charge in [-0.25, -0.2) is 4.98 Å². The van der Waals surface area contributed by atoms with E-state index in [0.717, 1.165) is 29.0 Å². The Morgan fingerprint density at radius 2 is 2.00 bits per heavy atom. The summed E-state index contributed by atoms with van der Waals surface area (Å²) in [6.45, 7) is 0.700. The first-order valence-corrected chi connectivity index (χ1v) is 8.18. The second kappa shape index (κ2) is 5.31. The third-order valence-electron chi connectivity index (χ3n) is 4.61. The predicted molar refractivity (Wildman–Crippen MR) is 94.6 cm³/mol. The summed E-state index contributed by atoms with van der Waals surface area (Å²) in [7, 11) is 0. The van der Waals surface area contributed by atoms with E-state index < -0.39 is 0 Å². The van der Waals surface area contributed by atoms with Gasteiger partial charge in [0.25, 0.3) is 5.91 Å². The average molecular weight is 329 g/mol. The zero-order chi connectivity index (χ0) is 16.8. The summed E-state index contributed by atoms with van der Waals surface area (Å²) in [6, 6.07) is 13.8. The molecule has 0 saturated carbocycles. The molecule has 0 fully saturated rings. The number of nitrogens with zero attached hydrogens (tertiary/aromatic N) is 4. The molecule has 1 aliphatic rings. The van der Waals surface area contributed by atoms with E-state index in [4.69, 9.17) is 0 Å². The van der Waals surface area contributed by atoms with Crippen molar-refractivity contribution in [3.63, 3.8) is 0 Å². The number of hydrogen-bond donors (Lipinski definition) is 1. The van der Waals surface area contributed by atoms with Gasteiger partial charge in [-0.3, -0.25) is 9.89 Å². The largest absolute Gasteiger partial charge is 0.306 e. The smallest absolute Gasteiger partial charge is 0.278 e. The van der Waals surface area contributed by atoms with E-state index in [1.165, 1.54) is 5.56 Å². The van der Waals surface area contributed by atoms with Crippen LogP contribution in [0.15, 0.2) is 61.1 Å². The Balaban J connectivity index is 1.52. The second-order valence-electron chi connectivity index (χ2n) is 6.12. The number of nitrogens with one attached hydrogen (secondary N) is 1. The Bertz CT molecular complexity index is 1080. The number of benzene rings is 1. The number of aromatic nitrogens is 4. The van der Waals surface area contributed by atoms with Gasteiger partial charge in [0, 0.05) is 36.4 Å². The maximum atomic E-state index is 12.9. The molecule has 1 aromatic carbocycles. The van der Waals surface area contributed by atoms with Crippen LogP contribution < -0.4 is 4.90 Å². The highest BCUT2D eigenvalue weighted by atomic mass is 16.2. The molecule has 1 N–H and O–H groups in total. The van der Waals surface area contributed by atoms with E-state index in [2.05, 4.69) is 21.2 Å². The van der Waals surface area contributed by atoms with Gasteiger partial charge in [0.15, 0.2) is 0 Å². The fourth-order valence-corrected chi connectivity index (χ4v) is 3.36. The quantitative estimate of drug-likeness (QED) is 0.615. The molecule has 0 atom stereocenters. The third kappa shape index (κ3) is 2.22. The molecule has 6 heteroatoms. The van der Waals surface area contributed by atoms with Gasteiger partial charge in [-0.15, -0.1) is 0 Å². The number of carbonyl (C=O) groups is 1. The summed E-state index contributed by atoms with van der Waals surface area (Å²) in [4.78, 5) is 19.2. The molecule has 0 bridgehead atoms. The SMILES string of the molecule is O=C(c1cn2cc(-c3ccn[nH]3)ccc2n1)N1CCc2ccccc21. The van der Waals surface area contributed by atoms with Gasteiger partial charge in [-0.2, -0.15) is 5.10 Å². The van der Waals surface area contributed by atoms with Crippen molar-refractivity contribution in [3.05, 3.63) is 72.3 Å². The van der Waals surface area contributed by atoms with Crippen LogP contribution in [-0.4, -0.2) is 32.0 Å². The minimum Gasteiger partial charge on any atom is -0.306 e. The number of H-pyrrole nitrogens is 1. The molecule has 0 spiro atoms. The topological polar surface area (TPSA) is 66.3 Å². The van der Waals surface area contributed by atoms with E-state index in [1.807, 2.05) is 51.9 Å². The van der Waals surface area contributed by atoms with Crippen molar-refractivity contribution in [2.24, 2.45) is 0 Å². The Kier molecular flexibility index (Phi) is 2.97. The molecule has 3 aromatic heterocycles. The van der Waals surface area contributed by atoms with E-state index in [1.54, 1.807) is 12.4 Å². The number of hydrogen-bond acceptors (Lipinski definition) is 3. The summed E-state index contributed by atoms with van der Waals surface area (Å²) < 4.78 is 1.88. The lowest BCUT2D eigenvalue weighted by Crippen LogP contribution is -2.29. The van der Waals surface area contributed by atoms with Gasteiger partial charge < -0.3 is 9.30 Å². The van der Waals surface area contributed by atoms with Crippen LogP contribution in [0.25, 0.3) is 16.9 Å². The zero-order valence-corrected chi connectivity index (χ0v) is 13.4. The maximum Gasteiger partial charge on any atom is 0.278 e. The van der Waals surface area contributed by atoms with Crippen LogP contribution in [0.3, 0.4) is 0 Å². The fourth-order valence-electron chi connectivity index (χ4n) is 3.36. The number of imidazole rings is 1. The Labute approximate surface area is 143 Å². The Hall–Kier alpha value is -3.41. The summed E-state index contributed by atoms with van der Waals surface area (Å²) >= 11 is 0. The van der Waals surface area contributed by atoms with E-state index >= 15 is 0 Å².